The van der Waals surface area contributed by atoms with Crippen LogP contribution in [0.15, 0.2) is 36.4 Å². The maximum atomic E-state index is 12.3. The van der Waals surface area contributed by atoms with Gasteiger partial charge >= 0.3 is 0 Å². The molecule has 0 saturated carbocycles. The summed E-state index contributed by atoms with van der Waals surface area (Å²) in [6, 6.07) is 11.7. The van der Waals surface area contributed by atoms with Crippen molar-refractivity contribution in [1.82, 2.24) is 5.32 Å². The van der Waals surface area contributed by atoms with Gasteiger partial charge in [0, 0.05) is 11.9 Å². The van der Waals surface area contributed by atoms with Crippen LogP contribution < -0.4 is 10.6 Å². The minimum absolute atomic E-state index is 0.0824. The molecule has 2 aromatic carbocycles. The Morgan fingerprint density at radius 2 is 2.10 bits per heavy atom. The molecule has 20 heavy (non-hydrogen) atoms. The zero-order chi connectivity index (χ0) is 14.1. The van der Waals surface area contributed by atoms with Gasteiger partial charge in [-0.15, -0.1) is 0 Å². The number of β-amino-alcohol motifs (C(OH)–C–C–N with tert-alkyl or cyclic N) is 1. The highest BCUT2D eigenvalue weighted by Gasteiger charge is 2.28. The quantitative estimate of drug-likeness (QED) is 0.780. The molecule has 2 atom stereocenters. The molecule has 1 saturated heterocycles. The molecule has 4 heteroatoms. The zero-order valence-electron chi connectivity index (χ0n) is 11.4. The first-order valence-corrected chi connectivity index (χ1v) is 6.86. The van der Waals surface area contributed by atoms with Gasteiger partial charge in [-0.2, -0.15) is 0 Å². The summed E-state index contributed by atoms with van der Waals surface area (Å²) in [5.74, 6) is -0.0824. The first-order valence-electron chi connectivity index (χ1n) is 6.86. The molecule has 2 aromatic rings. The van der Waals surface area contributed by atoms with Gasteiger partial charge in [-0.1, -0.05) is 36.4 Å². The first kappa shape index (κ1) is 13.1. The van der Waals surface area contributed by atoms with Crippen molar-refractivity contribution in [3.05, 3.63) is 42.0 Å². The van der Waals surface area contributed by atoms with Crippen molar-refractivity contribution in [2.45, 2.75) is 25.5 Å². The molecule has 0 radical (unpaired) electrons. The van der Waals surface area contributed by atoms with Crippen molar-refractivity contribution in [1.29, 1.82) is 0 Å². The van der Waals surface area contributed by atoms with E-state index in [1.807, 2.05) is 37.3 Å². The van der Waals surface area contributed by atoms with E-state index in [1.54, 1.807) is 0 Å². The van der Waals surface area contributed by atoms with E-state index in [0.29, 0.717) is 13.0 Å². The number of aliphatic hydroxyl groups excluding tert-OH is 1. The van der Waals surface area contributed by atoms with Crippen LogP contribution in [-0.4, -0.2) is 29.7 Å². The second-order valence-corrected chi connectivity index (χ2v) is 5.32. The molecular weight excluding hydrogens is 252 g/mol. The van der Waals surface area contributed by atoms with Crippen LogP contribution >= 0.6 is 0 Å². The summed E-state index contributed by atoms with van der Waals surface area (Å²) in [4.78, 5) is 12.3. The Bertz CT molecular complexity index is 654. The number of benzene rings is 2. The van der Waals surface area contributed by atoms with Gasteiger partial charge in [-0.3, -0.25) is 4.79 Å². The lowest BCUT2D eigenvalue weighted by molar-refractivity contribution is -0.117. The van der Waals surface area contributed by atoms with Crippen LogP contribution in [0.25, 0.3) is 10.8 Å². The fourth-order valence-electron chi connectivity index (χ4n) is 2.67. The van der Waals surface area contributed by atoms with E-state index >= 15 is 0 Å². The van der Waals surface area contributed by atoms with Gasteiger partial charge in [0.15, 0.2) is 0 Å². The SMILES string of the molecule is Cc1ccc2ccccc2c1NC(=O)[C@H]1C[C@H](O)CN1. The number of fused-ring (bicyclic) bond motifs is 1. The number of rotatable bonds is 2. The molecule has 0 spiro atoms. The highest BCUT2D eigenvalue weighted by atomic mass is 16.3. The Kier molecular flexibility index (Phi) is 3.42. The molecular formula is C16H18N2O2. The van der Waals surface area contributed by atoms with Gasteiger partial charge in [-0.25, -0.2) is 0 Å². The third-order valence-electron chi connectivity index (χ3n) is 3.81. The predicted octanol–water partition coefficient (Wildman–Crippen LogP) is 1.81. The minimum atomic E-state index is -0.431. The van der Waals surface area contributed by atoms with Crippen LogP contribution in [0.5, 0.6) is 0 Å². The topological polar surface area (TPSA) is 61.4 Å². The van der Waals surface area contributed by atoms with Gasteiger partial charge < -0.3 is 15.7 Å². The minimum Gasteiger partial charge on any atom is -0.392 e. The van der Waals surface area contributed by atoms with Crippen molar-refractivity contribution in [2.24, 2.45) is 0 Å². The van der Waals surface area contributed by atoms with E-state index in [9.17, 15) is 9.90 Å². The number of hydrogen-bond acceptors (Lipinski definition) is 3. The van der Waals surface area contributed by atoms with Crippen molar-refractivity contribution >= 4 is 22.4 Å². The number of aryl methyl sites for hydroxylation is 1. The largest absolute Gasteiger partial charge is 0.392 e. The summed E-state index contributed by atoms with van der Waals surface area (Å²) in [6.07, 6.45) is 0.0368. The lowest BCUT2D eigenvalue weighted by Crippen LogP contribution is -2.35. The Balaban J connectivity index is 1.90. The summed E-state index contributed by atoms with van der Waals surface area (Å²) in [5.41, 5.74) is 1.90. The molecule has 3 N–H and O–H groups in total. The number of carbonyl (C=O) groups is 1. The van der Waals surface area contributed by atoms with E-state index in [1.165, 1.54) is 0 Å². The van der Waals surface area contributed by atoms with Crippen LogP contribution in [0.2, 0.25) is 0 Å². The van der Waals surface area contributed by atoms with E-state index < -0.39 is 6.10 Å². The maximum absolute atomic E-state index is 12.3. The first-order chi connectivity index (χ1) is 9.65. The molecule has 104 valence electrons. The number of aliphatic hydroxyl groups is 1. The number of hydrogen-bond donors (Lipinski definition) is 3. The highest BCUT2D eigenvalue weighted by Crippen LogP contribution is 2.27. The number of carbonyl (C=O) groups excluding carboxylic acids is 1. The average molecular weight is 270 g/mol. The molecule has 0 aliphatic carbocycles. The Morgan fingerprint density at radius 1 is 1.30 bits per heavy atom. The van der Waals surface area contributed by atoms with Crippen molar-refractivity contribution in [3.63, 3.8) is 0 Å². The average Bonchev–Trinajstić information content (AvgIpc) is 2.89. The van der Waals surface area contributed by atoms with Gasteiger partial charge in [0.2, 0.25) is 5.91 Å². The van der Waals surface area contributed by atoms with E-state index in [4.69, 9.17) is 0 Å². The Morgan fingerprint density at radius 3 is 2.85 bits per heavy atom. The van der Waals surface area contributed by atoms with E-state index in [0.717, 1.165) is 22.0 Å². The standard InChI is InChI=1S/C16H18N2O2/c1-10-6-7-11-4-2-3-5-13(11)15(10)18-16(20)14-8-12(19)9-17-14/h2-7,12,14,17,19H,8-9H2,1H3,(H,18,20)/t12-,14+/m0/s1. The van der Waals surface area contributed by atoms with Crippen LogP contribution in [0, 0.1) is 6.92 Å². The van der Waals surface area contributed by atoms with Crippen molar-refractivity contribution < 1.29 is 9.90 Å². The fourth-order valence-corrected chi connectivity index (χ4v) is 2.67. The van der Waals surface area contributed by atoms with Gasteiger partial charge in [-0.05, 0) is 24.3 Å². The number of nitrogens with one attached hydrogen (secondary N) is 2. The third kappa shape index (κ3) is 2.40. The monoisotopic (exact) mass is 270 g/mol. The Hall–Kier alpha value is -1.91. The lowest BCUT2D eigenvalue weighted by Gasteiger charge is -2.15. The summed E-state index contributed by atoms with van der Waals surface area (Å²) in [7, 11) is 0. The van der Waals surface area contributed by atoms with E-state index in [-0.39, 0.29) is 11.9 Å². The second kappa shape index (κ2) is 5.23. The molecule has 1 amide bonds. The predicted molar refractivity (Wildman–Crippen MR) is 79.7 cm³/mol. The molecule has 1 aliphatic heterocycles. The van der Waals surface area contributed by atoms with Crippen molar-refractivity contribution in [2.75, 3.05) is 11.9 Å². The second-order valence-electron chi connectivity index (χ2n) is 5.32. The van der Waals surface area contributed by atoms with Crippen LogP contribution in [0.3, 0.4) is 0 Å². The molecule has 0 aromatic heterocycles. The normalized spacial score (nSPS) is 22.1. The van der Waals surface area contributed by atoms with E-state index in [2.05, 4.69) is 16.7 Å². The van der Waals surface area contributed by atoms with Gasteiger partial charge in [0.25, 0.3) is 0 Å². The fraction of sp³-hybridized carbons (Fsp3) is 0.312. The van der Waals surface area contributed by atoms with Gasteiger partial charge in [0.1, 0.15) is 0 Å². The molecule has 0 unspecified atom stereocenters. The summed E-state index contributed by atoms with van der Waals surface area (Å²) < 4.78 is 0. The lowest BCUT2D eigenvalue weighted by atomic mass is 10.0. The molecule has 4 nitrogen and oxygen atoms in total. The summed E-state index contributed by atoms with van der Waals surface area (Å²) >= 11 is 0. The summed E-state index contributed by atoms with van der Waals surface area (Å²) in [6.45, 7) is 2.46. The molecule has 0 bridgehead atoms. The number of amides is 1. The molecule has 3 rings (SSSR count). The number of anilines is 1. The molecule has 1 heterocycles. The Labute approximate surface area is 117 Å². The molecule has 1 fully saturated rings. The highest BCUT2D eigenvalue weighted by molar-refractivity contribution is 6.05. The zero-order valence-corrected chi connectivity index (χ0v) is 11.4. The van der Waals surface area contributed by atoms with Crippen LogP contribution in [0.1, 0.15) is 12.0 Å². The molecule has 1 aliphatic rings. The third-order valence-corrected chi connectivity index (χ3v) is 3.81. The maximum Gasteiger partial charge on any atom is 0.241 e. The van der Waals surface area contributed by atoms with Crippen LogP contribution in [0.4, 0.5) is 5.69 Å². The van der Waals surface area contributed by atoms with Crippen LogP contribution in [-0.2, 0) is 4.79 Å². The van der Waals surface area contributed by atoms with Crippen molar-refractivity contribution in [3.8, 4) is 0 Å². The summed E-state index contributed by atoms with van der Waals surface area (Å²) in [5, 5.41) is 17.7. The van der Waals surface area contributed by atoms with Gasteiger partial charge in [0.05, 0.1) is 17.8 Å². The smallest absolute Gasteiger partial charge is 0.241 e.